The summed E-state index contributed by atoms with van der Waals surface area (Å²) in [6, 6.07) is 8.24. The van der Waals surface area contributed by atoms with Crippen LogP contribution >= 0.6 is 11.3 Å². The Kier molecular flexibility index (Phi) is 5.28. The average Bonchev–Trinajstić information content (AvgIpc) is 2.93. The van der Waals surface area contributed by atoms with Gasteiger partial charge in [-0.15, -0.1) is 11.3 Å². The molecule has 2 aromatic rings. The molecule has 4 nitrogen and oxygen atoms in total. The van der Waals surface area contributed by atoms with E-state index in [0.29, 0.717) is 6.42 Å². The van der Waals surface area contributed by atoms with Crippen molar-refractivity contribution in [2.75, 3.05) is 13.1 Å². The van der Waals surface area contributed by atoms with Gasteiger partial charge in [0.05, 0.1) is 27.4 Å². The lowest BCUT2D eigenvalue weighted by Gasteiger charge is -2.35. The van der Waals surface area contributed by atoms with Crippen molar-refractivity contribution in [2.24, 2.45) is 0 Å². The number of hydrogen-bond acceptors (Lipinski definition) is 4. The van der Waals surface area contributed by atoms with E-state index >= 15 is 0 Å². The zero-order chi connectivity index (χ0) is 16.2. The van der Waals surface area contributed by atoms with Gasteiger partial charge < -0.3 is 9.64 Å². The molecule has 5 heteroatoms. The molecule has 1 aromatic heterocycles. The molecule has 1 fully saturated rings. The Labute approximate surface area is 141 Å². The molecule has 0 spiro atoms. The lowest BCUT2D eigenvalue weighted by atomic mass is 10.1. The fourth-order valence-electron chi connectivity index (χ4n) is 3.12. The largest absolute Gasteiger partial charge is 0.372 e. The number of amides is 1. The number of unbranched alkanes of at least 4 members (excludes halogenated alkanes) is 1. The number of nitrogens with zero attached hydrogens (tertiary/aromatic N) is 2. The third kappa shape index (κ3) is 4.30. The molecule has 124 valence electrons. The number of aryl methyl sites for hydroxylation is 1. The van der Waals surface area contributed by atoms with E-state index in [1.54, 1.807) is 11.3 Å². The van der Waals surface area contributed by atoms with E-state index in [1.165, 1.54) is 9.71 Å². The number of rotatable bonds is 5. The van der Waals surface area contributed by atoms with E-state index in [1.807, 2.05) is 30.9 Å². The third-order valence-electron chi connectivity index (χ3n) is 4.14. The van der Waals surface area contributed by atoms with Gasteiger partial charge >= 0.3 is 0 Å². The lowest BCUT2D eigenvalue weighted by molar-refractivity contribution is -0.143. The van der Waals surface area contributed by atoms with E-state index in [4.69, 9.17) is 4.74 Å². The Morgan fingerprint density at radius 1 is 1.26 bits per heavy atom. The summed E-state index contributed by atoms with van der Waals surface area (Å²) in [4.78, 5) is 18.9. The summed E-state index contributed by atoms with van der Waals surface area (Å²) < 4.78 is 6.92. The smallest absolute Gasteiger partial charge is 0.222 e. The van der Waals surface area contributed by atoms with Crippen molar-refractivity contribution in [3.63, 3.8) is 0 Å². The minimum Gasteiger partial charge on any atom is -0.372 e. The van der Waals surface area contributed by atoms with Crippen LogP contribution in [0.5, 0.6) is 0 Å². The molecule has 0 bridgehead atoms. The summed E-state index contributed by atoms with van der Waals surface area (Å²) in [6.45, 7) is 5.51. The first-order valence-electron chi connectivity index (χ1n) is 8.39. The summed E-state index contributed by atoms with van der Waals surface area (Å²) in [7, 11) is 0. The van der Waals surface area contributed by atoms with Gasteiger partial charge in [0.15, 0.2) is 0 Å². The quantitative estimate of drug-likeness (QED) is 0.785. The van der Waals surface area contributed by atoms with E-state index in [-0.39, 0.29) is 18.1 Å². The summed E-state index contributed by atoms with van der Waals surface area (Å²) in [5.41, 5.74) is 1.08. The number of carbonyl (C=O) groups excluding carboxylic acids is 1. The second-order valence-corrected chi connectivity index (χ2v) is 7.45. The zero-order valence-electron chi connectivity index (χ0n) is 13.8. The van der Waals surface area contributed by atoms with Crippen molar-refractivity contribution >= 4 is 27.5 Å². The number of para-hydroxylation sites is 1. The highest BCUT2D eigenvalue weighted by molar-refractivity contribution is 7.18. The van der Waals surface area contributed by atoms with Crippen LogP contribution in [0, 0.1) is 0 Å². The number of hydrogen-bond donors (Lipinski definition) is 0. The van der Waals surface area contributed by atoms with Gasteiger partial charge in [0.1, 0.15) is 0 Å². The van der Waals surface area contributed by atoms with Crippen LogP contribution in [0.3, 0.4) is 0 Å². The Hall–Kier alpha value is -1.46. The van der Waals surface area contributed by atoms with E-state index in [2.05, 4.69) is 17.1 Å². The van der Waals surface area contributed by atoms with Gasteiger partial charge in [0.2, 0.25) is 5.91 Å². The van der Waals surface area contributed by atoms with Crippen LogP contribution < -0.4 is 0 Å². The Morgan fingerprint density at radius 3 is 2.74 bits per heavy atom. The van der Waals surface area contributed by atoms with E-state index in [0.717, 1.165) is 37.9 Å². The van der Waals surface area contributed by atoms with Crippen LogP contribution in [0.25, 0.3) is 10.2 Å². The number of morpholine rings is 1. The molecule has 1 aliphatic heterocycles. The predicted octanol–water partition coefficient (Wildman–Crippen LogP) is 3.64. The number of fused-ring (bicyclic) bond motifs is 1. The minimum atomic E-state index is 0.144. The summed E-state index contributed by atoms with van der Waals surface area (Å²) >= 11 is 1.76. The van der Waals surface area contributed by atoms with Crippen molar-refractivity contribution in [3.8, 4) is 0 Å². The number of aromatic nitrogens is 1. The van der Waals surface area contributed by atoms with Gasteiger partial charge in [-0.1, -0.05) is 12.1 Å². The van der Waals surface area contributed by atoms with Crippen LogP contribution in [0.2, 0.25) is 0 Å². The highest BCUT2D eigenvalue weighted by Crippen LogP contribution is 2.23. The molecule has 0 aliphatic carbocycles. The second kappa shape index (κ2) is 7.41. The molecule has 2 atom stereocenters. The first-order chi connectivity index (χ1) is 11.1. The van der Waals surface area contributed by atoms with Crippen molar-refractivity contribution in [1.29, 1.82) is 0 Å². The maximum Gasteiger partial charge on any atom is 0.222 e. The van der Waals surface area contributed by atoms with Gasteiger partial charge in [-0.25, -0.2) is 4.98 Å². The predicted molar refractivity (Wildman–Crippen MR) is 93.8 cm³/mol. The zero-order valence-corrected chi connectivity index (χ0v) is 14.6. The van der Waals surface area contributed by atoms with Gasteiger partial charge in [0, 0.05) is 19.5 Å². The summed E-state index contributed by atoms with van der Waals surface area (Å²) in [5, 5.41) is 1.17. The molecule has 1 amide bonds. The molecule has 1 saturated heterocycles. The lowest BCUT2D eigenvalue weighted by Crippen LogP contribution is -2.48. The molecule has 0 unspecified atom stereocenters. The fraction of sp³-hybridized carbons (Fsp3) is 0.556. The number of thiazole rings is 1. The first-order valence-corrected chi connectivity index (χ1v) is 9.21. The van der Waals surface area contributed by atoms with Crippen LogP contribution in [0.4, 0.5) is 0 Å². The molecule has 1 aliphatic rings. The van der Waals surface area contributed by atoms with Crippen molar-refractivity contribution < 1.29 is 9.53 Å². The average molecular weight is 332 g/mol. The third-order valence-corrected chi connectivity index (χ3v) is 5.24. The summed E-state index contributed by atoms with van der Waals surface area (Å²) in [5.74, 6) is 0.260. The maximum absolute atomic E-state index is 12.3. The number of ether oxygens (including phenoxy) is 1. The van der Waals surface area contributed by atoms with E-state index < -0.39 is 0 Å². The van der Waals surface area contributed by atoms with Gasteiger partial charge in [-0.2, -0.15) is 0 Å². The highest BCUT2D eigenvalue weighted by Gasteiger charge is 2.25. The number of carbonyl (C=O) groups is 1. The normalized spacial score (nSPS) is 21.7. The first kappa shape index (κ1) is 16.4. The van der Waals surface area contributed by atoms with Gasteiger partial charge in [-0.3, -0.25) is 4.79 Å². The Balaban J connectivity index is 1.43. The molecule has 0 radical (unpaired) electrons. The SMILES string of the molecule is C[C@@H]1CN(C(=O)CCCCc2nc3ccccc3s2)C[C@H](C)O1. The summed E-state index contributed by atoms with van der Waals surface area (Å²) in [6.07, 6.45) is 3.82. The van der Waals surface area contributed by atoms with Gasteiger partial charge in [-0.05, 0) is 45.2 Å². The van der Waals surface area contributed by atoms with Crippen molar-refractivity contribution in [3.05, 3.63) is 29.3 Å². The Bertz CT molecular complexity index is 627. The number of benzene rings is 1. The van der Waals surface area contributed by atoms with Crippen molar-refractivity contribution in [1.82, 2.24) is 9.88 Å². The van der Waals surface area contributed by atoms with Crippen LogP contribution in [-0.4, -0.2) is 41.1 Å². The molecular formula is C18H24N2O2S. The topological polar surface area (TPSA) is 42.4 Å². The molecule has 23 heavy (non-hydrogen) atoms. The standard InChI is InChI=1S/C18H24N2O2S/c1-13-11-20(12-14(2)22-13)18(21)10-6-5-9-17-19-15-7-3-4-8-16(15)23-17/h3-4,7-8,13-14H,5-6,9-12H2,1-2H3/t13-,14+. The molecular weight excluding hydrogens is 308 g/mol. The van der Waals surface area contributed by atoms with Crippen molar-refractivity contribution in [2.45, 2.75) is 51.7 Å². The molecule has 0 N–H and O–H groups in total. The van der Waals surface area contributed by atoms with Crippen LogP contribution in [0.15, 0.2) is 24.3 Å². The Morgan fingerprint density at radius 2 is 2.00 bits per heavy atom. The van der Waals surface area contributed by atoms with Crippen LogP contribution in [-0.2, 0) is 16.0 Å². The molecule has 3 rings (SSSR count). The van der Waals surface area contributed by atoms with E-state index in [9.17, 15) is 4.79 Å². The molecule has 2 heterocycles. The highest BCUT2D eigenvalue weighted by atomic mass is 32.1. The maximum atomic E-state index is 12.3. The second-order valence-electron chi connectivity index (χ2n) is 6.34. The molecule has 0 saturated carbocycles. The fourth-order valence-corrected chi connectivity index (χ4v) is 4.13. The monoisotopic (exact) mass is 332 g/mol. The molecule has 1 aromatic carbocycles. The van der Waals surface area contributed by atoms with Crippen LogP contribution in [0.1, 0.15) is 38.1 Å². The minimum absolute atomic E-state index is 0.144. The van der Waals surface area contributed by atoms with Gasteiger partial charge in [0.25, 0.3) is 0 Å².